The van der Waals surface area contributed by atoms with Crippen LogP contribution in [0.3, 0.4) is 0 Å². The number of ether oxygens (including phenoxy) is 3. The summed E-state index contributed by atoms with van der Waals surface area (Å²) in [5, 5.41) is 0. The van der Waals surface area contributed by atoms with Crippen LogP contribution >= 0.6 is 15.9 Å². The summed E-state index contributed by atoms with van der Waals surface area (Å²) in [6.07, 6.45) is 1.12. The van der Waals surface area contributed by atoms with Gasteiger partial charge in [-0.2, -0.15) is 0 Å². The second-order valence-corrected chi connectivity index (χ2v) is 7.23. The zero-order valence-electron chi connectivity index (χ0n) is 14.3. The molecule has 2 aliphatic heterocycles. The average molecular weight is 396 g/mol. The Morgan fingerprint density at radius 1 is 1.46 bits per heavy atom. The molecule has 6 heteroatoms. The smallest absolute Gasteiger partial charge is 0.332 e. The van der Waals surface area contributed by atoms with Crippen molar-refractivity contribution in [1.82, 2.24) is 0 Å². The lowest BCUT2D eigenvalue weighted by Crippen LogP contribution is -2.29. The first-order valence-corrected chi connectivity index (χ1v) is 8.88. The fourth-order valence-corrected chi connectivity index (χ4v) is 3.68. The Morgan fingerprint density at radius 3 is 2.92 bits per heavy atom. The first kappa shape index (κ1) is 17.5. The molecule has 1 aromatic rings. The number of fused-ring (bicyclic) bond motifs is 1. The van der Waals surface area contributed by atoms with Crippen molar-refractivity contribution in [1.29, 1.82) is 0 Å². The van der Waals surface area contributed by atoms with Gasteiger partial charge in [0.1, 0.15) is 12.2 Å². The summed E-state index contributed by atoms with van der Waals surface area (Å²) in [6, 6.07) is 6.05. The highest BCUT2D eigenvalue weighted by Gasteiger charge is 2.50. The third-order valence-corrected chi connectivity index (χ3v) is 5.20. The van der Waals surface area contributed by atoms with Crippen molar-refractivity contribution in [2.45, 2.75) is 45.7 Å². The van der Waals surface area contributed by atoms with E-state index in [-0.39, 0.29) is 18.2 Å². The van der Waals surface area contributed by atoms with Gasteiger partial charge >= 0.3 is 5.97 Å². The second kappa shape index (κ2) is 6.50. The minimum absolute atomic E-state index is 0.118. The number of aryl methyl sites for hydroxylation is 1. The summed E-state index contributed by atoms with van der Waals surface area (Å²) in [7, 11) is 0. The third-order valence-electron chi connectivity index (χ3n) is 4.16. The van der Waals surface area contributed by atoms with Crippen molar-refractivity contribution in [3.8, 4) is 0 Å². The standard InChI is InChI=1S/C18H22BrNO4/c1-5-22-15(21)9-13-17-14(23-18(3,4)24-17)10-20(13)12-8-6-7-11(2)16(12)19/h6-9,14,17H,5,10H2,1-4H3/b13-9+/t14-,17+/m1/s1. The molecular weight excluding hydrogens is 374 g/mol. The highest BCUT2D eigenvalue weighted by atomic mass is 79.9. The average Bonchev–Trinajstić information content (AvgIpc) is 2.96. The molecule has 130 valence electrons. The molecule has 2 aliphatic rings. The topological polar surface area (TPSA) is 48.0 Å². The van der Waals surface area contributed by atoms with Crippen LogP contribution in [0.5, 0.6) is 0 Å². The number of halogens is 1. The van der Waals surface area contributed by atoms with Gasteiger partial charge in [-0.1, -0.05) is 12.1 Å². The quantitative estimate of drug-likeness (QED) is 0.578. The minimum Gasteiger partial charge on any atom is -0.463 e. The Morgan fingerprint density at radius 2 is 2.21 bits per heavy atom. The fourth-order valence-electron chi connectivity index (χ4n) is 3.20. The molecule has 0 amide bonds. The van der Waals surface area contributed by atoms with Crippen LogP contribution in [0.25, 0.3) is 0 Å². The first-order valence-electron chi connectivity index (χ1n) is 8.09. The van der Waals surface area contributed by atoms with Gasteiger partial charge in [0.05, 0.1) is 24.5 Å². The van der Waals surface area contributed by atoms with Gasteiger partial charge in [-0.05, 0) is 55.3 Å². The number of benzene rings is 1. The summed E-state index contributed by atoms with van der Waals surface area (Å²) < 4.78 is 18.1. The Kier molecular flexibility index (Phi) is 4.73. The van der Waals surface area contributed by atoms with Gasteiger partial charge < -0.3 is 19.1 Å². The molecule has 0 unspecified atom stereocenters. The van der Waals surface area contributed by atoms with Gasteiger partial charge in [0, 0.05) is 10.5 Å². The molecule has 1 aromatic carbocycles. The van der Waals surface area contributed by atoms with Gasteiger partial charge in [-0.15, -0.1) is 0 Å². The molecule has 2 heterocycles. The number of anilines is 1. The van der Waals surface area contributed by atoms with Crippen LogP contribution in [0.15, 0.2) is 34.4 Å². The van der Waals surface area contributed by atoms with Crippen molar-refractivity contribution >= 4 is 27.6 Å². The molecule has 0 saturated carbocycles. The summed E-state index contributed by atoms with van der Waals surface area (Å²) in [5.74, 6) is -1.02. The Hall–Kier alpha value is -1.37. The predicted molar refractivity (Wildman–Crippen MR) is 94.8 cm³/mol. The monoisotopic (exact) mass is 395 g/mol. The Labute approximate surface area is 150 Å². The Bertz CT molecular complexity index is 686. The summed E-state index contributed by atoms with van der Waals surface area (Å²) in [6.45, 7) is 8.58. The largest absolute Gasteiger partial charge is 0.463 e. The van der Waals surface area contributed by atoms with Gasteiger partial charge in [-0.25, -0.2) is 4.79 Å². The highest BCUT2D eigenvalue weighted by Crippen LogP contribution is 2.43. The van der Waals surface area contributed by atoms with Crippen molar-refractivity contribution in [3.05, 3.63) is 40.0 Å². The summed E-state index contributed by atoms with van der Waals surface area (Å²) in [5.41, 5.74) is 2.89. The van der Waals surface area contributed by atoms with E-state index in [0.717, 1.165) is 21.4 Å². The minimum atomic E-state index is -0.654. The van der Waals surface area contributed by atoms with Crippen LogP contribution in [-0.4, -0.2) is 37.1 Å². The number of esters is 1. The van der Waals surface area contributed by atoms with Crippen LogP contribution in [0.4, 0.5) is 5.69 Å². The van der Waals surface area contributed by atoms with Gasteiger partial charge in [-0.3, -0.25) is 0 Å². The molecule has 0 radical (unpaired) electrons. The van der Waals surface area contributed by atoms with E-state index in [1.165, 1.54) is 6.08 Å². The van der Waals surface area contributed by atoms with Crippen molar-refractivity contribution < 1.29 is 19.0 Å². The van der Waals surface area contributed by atoms with E-state index >= 15 is 0 Å². The summed E-state index contributed by atoms with van der Waals surface area (Å²) >= 11 is 3.65. The fraction of sp³-hybridized carbons (Fsp3) is 0.500. The van der Waals surface area contributed by atoms with Crippen LogP contribution in [0.1, 0.15) is 26.3 Å². The molecule has 2 saturated heterocycles. The molecule has 24 heavy (non-hydrogen) atoms. The zero-order valence-corrected chi connectivity index (χ0v) is 15.9. The van der Waals surface area contributed by atoms with E-state index in [1.54, 1.807) is 6.92 Å². The molecule has 0 aromatic heterocycles. The van der Waals surface area contributed by atoms with Crippen molar-refractivity contribution in [2.75, 3.05) is 18.1 Å². The molecule has 2 fully saturated rings. The molecule has 2 atom stereocenters. The van der Waals surface area contributed by atoms with E-state index in [2.05, 4.69) is 20.8 Å². The van der Waals surface area contributed by atoms with Gasteiger partial charge in [0.25, 0.3) is 0 Å². The highest BCUT2D eigenvalue weighted by molar-refractivity contribution is 9.10. The normalized spacial score (nSPS) is 26.7. The second-order valence-electron chi connectivity index (χ2n) is 6.43. The number of hydrogen-bond donors (Lipinski definition) is 0. The zero-order chi connectivity index (χ0) is 17.5. The Balaban J connectivity index is 1.99. The number of rotatable bonds is 3. The summed E-state index contributed by atoms with van der Waals surface area (Å²) in [4.78, 5) is 14.1. The van der Waals surface area contributed by atoms with Crippen molar-refractivity contribution in [3.63, 3.8) is 0 Å². The molecule has 0 bridgehead atoms. The number of hydrogen-bond acceptors (Lipinski definition) is 5. The van der Waals surface area contributed by atoms with E-state index in [0.29, 0.717) is 13.2 Å². The maximum Gasteiger partial charge on any atom is 0.332 e. The molecule has 5 nitrogen and oxygen atoms in total. The number of nitrogens with zero attached hydrogens (tertiary/aromatic N) is 1. The lowest BCUT2D eigenvalue weighted by Gasteiger charge is -2.27. The molecule has 0 aliphatic carbocycles. The van der Waals surface area contributed by atoms with E-state index in [9.17, 15) is 4.79 Å². The maximum absolute atomic E-state index is 12.0. The molecular formula is C18H22BrNO4. The van der Waals surface area contributed by atoms with E-state index in [1.807, 2.05) is 39.0 Å². The SMILES string of the molecule is CCOC(=O)/C=C1\[C@@H]2OC(C)(C)O[C@@H]2CN1c1cccc(C)c1Br. The molecule has 0 spiro atoms. The van der Waals surface area contributed by atoms with E-state index in [4.69, 9.17) is 14.2 Å². The molecule has 3 rings (SSSR count). The number of carbonyl (C=O) groups is 1. The third kappa shape index (κ3) is 3.23. The van der Waals surface area contributed by atoms with Gasteiger partial charge in [0.15, 0.2) is 5.79 Å². The van der Waals surface area contributed by atoms with E-state index < -0.39 is 5.79 Å². The van der Waals surface area contributed by atoms with Crippen LogP contribution < -0.4 is 4.90 Å². The number of carbonyl (C=O) groups excluding carboxylic acids is 1. The van der Waals surface area contributed by atoms with Crippen LogP contribution in [0.2, 0.25) is 0 Å². The predicted octanol–water partition coefficient (Wildman–Crippen LogP) is 3.54. The van der Waals surface area contributed by atoms with Crippen molar-refractivity contribution in [2.24, 2.45) is 0 Å². The lowest BCUT2D eigenvalue weighted by atomic mass is 10.2. The van der Waals surface area contributed by atoms with Crippen LogP contribution in [-0.2, 0) is 19.0 Å². The lowest BCUT2D eigenvalue weighted by molar-refractivity contribution is -0.146. The van der Waals surface area contributed by atoms with Crippen LogP contribution in [0, 0.1) is 6.92 Å². The van der Waals surface area contributed by atoms with Gasteiger partial charge in [0.2, 0.25) is 0 Å². The first-order chi connectivity index (χ1) is 11.3. The maximum atomic E-state index is 12.0. The molecule has 0 N–H and O–H groups in total.